The molecule has 0 spiro atoms. The zero-order valence-electron chi connectivity index (χ0n) is 10.4. The standard InChI is InChI=1S/C13H20N2/c1-6-11(3)8-13(9-14,10-15)12(4,5)7-2/h8H,6-7H2,1-5H3/b11-8-. The highest BCUT2D eigenvalue weighted by atomic mass is 14.5. The molecule has 0 amide bonds. The molecule has 2 nitrogen and oxygen atoms in total. The van der Waals surface area contributed by atoms with E-state index in [1.54, 1.807) is 0 Å². The maximum Gasteiger partial charge on any atom is 0.167 e. The molecule has 0 N–H and O–H groups in total. The van der Waals surface area contributed by atoms with Gasteiger partial charge in [-0.3, -0.25) is 0 Å². The van der Waals surface area contributed by atoms with Gasteiger partial charge >= 0.3 is 0 Å². The van der Waals surface area contributed by atoms with Crippen LogP contribution in [0.5, 0.6) is 0 Å². The average Bonchev–Trinajstić information content (AvgIpc) is 2.25. The van der Waals surface area contributed by atoms with Crippen LogP contribution >= 0.6 is 0 Å². The van der Waals surface area contributed by atoms with Crippen LogP contribution in [0.2, 0.25) is 0 Å². The van der Waals surface area contributed by atoms with Crippen molar-refractivity contribution in [2.75, 3.05) is 0 Å². The predicted molar refractivity (Wildman–Crippen MR) is 61.8 cm³/mol. The van der Waals surface area contributed by atoms with E-state index in [1.165, 1.54) is 0 Å². The molecule has 0 heterocycles. The van der Waals surface area contributed by atoms with Gasteiger partial charge in [0, 0.05) is 5.41 Å². The molecule has 0 atom stereocenters. The lowest BCUT2D eigenvalue weighted by Gasteiger charge is -2.33. The zero-order valence-corrected chi connectivity index (χ0v) is 10.4. The van der Waals surface area contributed by atoms with Crippen molar-refractivity contribution in [1.82, 2.24) is 0 Å². The third-order valence-corrected chi connectivity index (χ3v) is 3.32. The Kier molecular flexibility index (Phi) is 4.56. The largest absolute Gasteiger partial charge is 0.196 e. The number of allylic oxidation sites excluding steroid dienone is 2. The topological polar surface area (TPSA) is 47.6 Å². The summed E-state index contributed by atoms with van der Waals surface area (Å²) in [6.45, 7) is 9.95. The Morgan fingerprint density at radius 2 is 1.67 bits per heavy atom. The summed E-state index contributed by atoms with van der Waals surface area (Å²) in [6, 6.07) is 4.37. The highest BCUT2D eigenvalue weighted by Crippen LogP contribution is 2.42. The Bertz CT molecular complexity index is 309. The summed E-state index contributed by atoms with van der Waals surface area (Å²) < 4.78 is 0. The Balaban J connectivity index is 5.49. The first-order valence-corrected chi connectivity index (χ1v) is 5.40. The highest BCUT2D eigenvalue weighted by Gasteiger charge is 2.43. The Labute approximate surface area is 93.2 Å². The average molecular weight is 204 g/mol. The molecule has 0 aliphatic heterocycles. The van der Waals surface area contributed by atoms with Crippen molar-refractivity contribution in [2.45, 2.75) is 47.5 Å². The third kappa shape index (κ3) is 2.60. The molecular formula is C13H20N2. The summed E-state index contributed by atoms with van der Waals surface area (Å²) in [5.74, 6) is 0. The van der Waals surface area contributed by atoms with Gasteiger partial charge < -0.3 is 0 Å². The van der Waals surface area contributed by atoms with Crippen molar-refractivity contribution < 1.29 is 0 Å². The SMILES string of the molecule is CC/C(C)=C\C(C#N)(C#N)C(C)(C)CC. The maximum atomic E-state index is 9.27. The van der Waals surface area contributed by atoms with Crippen molar-refractivity contribution in [1.29, 1.82) is 10.5 Å². The molecule has 15 heavy (non-hydrogen) atoms. The summed E-state index contributed by atoms with van der Waals surface area (Å²) >= 11 is 0. The molecule has 0 unspecified atom stereocenters. The van der Waals surface area contributed by atoms with E-state index in [0.29, 0.717) is 0 Å². The van der Waals surface area contributed by atoms with Crippen molar-refractivity contribution in [3.05, 3.63) is 11.6 Å². The van der Waals surface area contributed by atoms with Crippen LogP contribution in [-0.4, -0.2) is 0 Å². The summed E-state index contributed by atoms with van der Waals surface area (Å²) in [5.41, 5.74) is -0.214. The maximum absolute atomic E-state index is 9.27. The minimum Gasteiger partial charge on any atom is -0.196 e. The summed E-state index contributed by atoms with van der Waals surface area (Å²) in [5, 5.41) is 18.5. The molecule has 0 aromatic heterocycles. The molecule has 0 rings (SSSR count). The fourth-order valence-corrected chi connectivity index (χ4v) is 1.34. The lowest BCUT2D eigenvalue weighted by Crippen LogP contribution is -2.33. The molecule has 82 valence electrons. The molecular weight excluding hydrogens is 184 g/mol. The summed E-state index contributed by atoms with van der Waals surface area (Å²) in [7, 11) is 0. The number of nitriles is 2. The molecule has 0 aromatic rings. The van der Waals surface area contributed by atoms with E-state index < -0.39 is 5.41 Å². The smallest absolute Gasteiger partial charge is 0.167 e. The molecule has 0 fully saturated rings. The molecule has 0 saturated carbocycles. The molecule has 0 aliphatic carbocycles. The van der Waals surface area contributed by atoms with Crippen LogP contribution in [0.4, 0.5) is 0 Å². The van der Waals surface area contributed by atoms with Gasteiger partial charge in [-0.05, 0) is 19.8 Å². The Morgan fingerprint density at radius 1 is 1.20 bits per heavy atom. The minimum absolute atomic E-state index is 0.313. The van der Waals surface area contributed by atoms with Gasteiger partial charge in [-0.2, -0.15) is 10.5 Å². The number of nitrogens with zero attached hydrogens (tertiary/aromatic N) is 2. The second-order valence-electron chi connectivity index (χ2n) is 4.61. The Hall–Kier alpha value is -1.28. The normalized spacial score (nSPS) is 13.1. The first-order valence-electron chi connectivity index (χ1n) is 5.40. The second kappa shape index (κ2) is 4.99. The lowest BCUT2D eigenvalue weighted by atomic mass is 9.65. The monoisotopic (exact) mass is 204 g/mol. The van der Waals surface area contributed by atoms with Gasteiger partial charge in [0.15, 0.2) is 5.41 Å². The Morgan fingerprint density at radius 3 is 1.93 bits per heavy atom. The van der Waals surface area contributed by atoms with Gasteiger partial charge in [0.05, 0.1) is 12.1 Å². The van der Waals surface area contributed by atoms with Gasteiger partial charge in [0.25, 0.3) is 0 Å². The van der Waals surface area contributed by atoms with E-state index in [9.17, 15) is 10.5 Å². The van der Waals surface area contributed by atoms with Crippen LogP contribution in [0.25, 0.3) is 0 Å². The fourth-order valence-electron chi connectivity index (χ4n) is 1.34. The molecule has 0 radical (unpaired) electrons. The van der Waals surface area contributed by atoms with E-state index in [1.807, 2.05) is 40.7 Å². The number of rotatable bonds is 4. The van der Waals surface area contributed by atoms with E-state index in [2.05, 4.69) is 12.1 Å². The van der Waals surface area contributed by atoms with Crippen molar-refractivity contribution >= 4 is 0 Å². The van der Waals surface area contributed by atoms with E-state index in [0.717, 1.165) is 18.4 Å². The van der Waals surface area contributed by atoms with Crippen LogP contribution in [0.1, 0.15) is 47.5 Å². The third-order valence-electron chi connectivity index (χ3n) is 3.32. The fraction of sp³-hybridized carbons (Fsp3) is 0.692. The second-order valence-corrected chi connectivity index (χ2v) is 4.61. The van der Waals surface area contributed by atoms with E-state index in [4.69, 9.17) is 0 Å². The van der Waals surface area contributed by atoms with E-state index in [-0.39, 0.29) is 5.41 Å². The molecule has 0 bridgehead atoms. The van der Waals surface area contributed by atoms with Crippen molar-refractivity contribution in [3.8, 4) is 12.1 Å². The summed E-state index contributed by atoms with van der Waals surface area (Å²) in [4.78, 5) is 0. The zero-order chi connectivity index (χ0) is 12.1. The molecule has 0 aliphatic rings. The van der Waals surface area contributed by atoms with Crippen molar-refractivity contribution in [3.63, 3.8) is 0 Å². The van der Waals surface area contributed by atoms with Gasteiger partial charge in [-0.1, -0.05) is 39.3 Å². The first-order chi connectivity index (χ1) is 6.89. The van der Waals surface area contributed by atoms with Crippen molar-refractivity contribution in [2.24, 2.45) is 10.8 Å². The van der Waals surface area contributed by atoms with Gasteiger partial charge in [-0.25, -0.2) is 0 Å². The molecule has 2 heteroatoms. The minimum atomic E-state index is -0.998. The number of hydrogen-bond donors (Lipinski definition) is 0. The van der Waals surface area contributed by atoms with Gasteiger partial charge in [-0.15, -0.1) is 0 Å². The van der Waals surface area contributed by atoms with Gasteiger partial charge in [0.1, 0.15) is 0 Å². The quantitative estimate of drug-likeness (QED) is 0.654. The van der Waals surface area contributed by atoms with Crippen LogP contribution in [0.15, 0.2) is 11.6 Å². The highest BCUT2D eigenvalue weighted by molar-refractivity contribution is 5.30. The lowest BCUT2D eigenvalue weighted by molar-refractivity contribution is 0.233. The summed E-state index contributed by atoms with van der Waals surface area (Å²) in [6.07, 6.45) is 3.52. The molecule has 0 aromatic carbocycles. The van der Waals surface area contributed by atoms with E-state index >= 15 is 0 Å². The number of hydrogen-bond acceptors (Lipinski definition) is 2. The van der Waals surface area contributed by atoms with Crippen LogP contribution in [-0.2, 0) is 0 Å². The van der Waals surface area contributed by atoms with Crippen LogP contribution in [0.3, 0.4) is 0 Å². The van der Waals surface area contributed by atoms with Crippen LogP contribution < -0.4 is 0 Å². The first kappa shape index (κ1) is 13.7. The van der Waals surface area contributed by atoms with Crippen LogP contribution in [0, 0.1) is 33.5 Å². The molecule has 0 saturated heterocycles. The van der Waals surface area contributed by atoms with Gasteiger partial charge in [0.2, 0.25) is 0 Å². The predicted octanol–water partition coefficient (Wildman–Crippen LogP) is 3.81.